The van der Waals surface area contributed by atoms with Gasteiger partial charge in [-0.3, -0.25) is 9.59 Å². The molecule has 4 heteroatoms. The highest BCUT2D eigenvalue weighted by Gasteiger charge is 2.48. The lowest BCUT2D eigenvalue weighted by atomic mass is 9.64. The molecule has 0 aromatic rings. The third kappa shape index (κ3) is 2.37. The molecule has 96 valence electrons. The maximum atomic E-state index is 12.0. The Morgan fingerprint density at radius 1 is 1.35 bits per heavy atom. The molecule has 1 amide bonds. The maximum absolute atomic E-state index is 12.0. The topological polar surface area (TPSA) is 66.4 Å². The van der Waals surface area contributed by atoms with Crippen LogP contribution < -0.4 is 5.32 Å². The Bertz CT molecular complexity index is 328. The number of amides is 1. The van der Waals surface area contributed by atoms with Crippen molar-refractivity contribution in [2.24, 2.45) is 11.3 Å². The van der Waals surface area contributed by atoms with Crippen molar-refractivity contribution >= 4 is 11.7 Å². The minimum Gasteiger partial charge on any atom is -0.392 e. The molecule has 0 aliphatic heterocycles. The van der Waals surface area contributed by atoms with Gasteiger partial charge in [-0.05, 0) is 19.3 Å². The van der Waals surface area contributed by atoms with Crippen LogP contribution in [-0.4, -0.2) is 28.9 Å². The normalized spacial score (nSPS) is 33.0. The van der Waals surface area contributed by atoms with Gasteiger partial charge in [0.2, 0.25) is 5.91 Å². The van der Waals surface area contributed by atoms with Gasteiger partial charge >= 0.3 is 0 Å². The first kappa shape index (κ1) is 12.6. The molecule has 0 unspecified atom stereocenters. The van der Waals surface area contributed by atoms with Crippen molar-refractivity contribution in [3.05, 3.63) is 0 Å². The number of hydrogen-bond acceptors (Lipinski definition) is 3. The quantitative estimate of drug-likeness (QED) is 0.756. The van der Waals surface area contributed by atoms with Crippen molar-refractivity contribution in [2.75, 3.05) is 0 Å². The second-order valence-corrected chi connectivity index (χ2v) is 5.95. The molecule has 2 saturated carbocycles. The Hall–Kier alpha value is -0.900. The van der Waals surface area contributed by atoms with E-state index < -0.39 is 0 Å². The zero-order valence-electron chi connectivity index (χ0n) is 10.5. The van der Waals surface area contributed by atoms with Gasteiger partial charge < -0.3 is 10.4 Å². The highest BCUT2D eigenvalue weighted by Crippen LogP contribution is 2.40. The summed E-state index contributed by atoms with van der Waals surface area (Å²) in [6.45, 7) is 3.94. The largest absolute Gasteiger partial charge is 0.392 e. The summed E-state index contributed by atoms with van der Waals surface area (Å²) in [7, 11) is 0. The second-order valence-electron chi connectivity index (χ2n) is 5.95. The summed E-state index contributed by atoms with van der Waals surface area (Å²) in [5.74, 6) is 0.317. The van der Waals surface area contributed by atoms with Crippen molar-refractivity contribution in [1.29, 1.82) is 0 Å². The lowest BCUT2D eigenvalue weighted by molar-refractivity contribution is -0.135. The van der Waals surface area contributed by atoms with Crippen LogP contribution in [0.4, 0.5) is 0 Å². The summed E-state index contributed by atoms with van der Waals surface area (Å²) in [4.78, 5) is 23.1. The molecule has 4 nitrogen and oxygen atoms in total. The average Bonchev–Trinajstić information content (AvgIpc) is 2.29. The van der Waals surface area contributed by atoms with Crippen LogP contribution in [0, 0.1) is 11.3 Å². The van der Waals surface area contributed by atoms with Crippen LogP contribution in [0.2, 0.25) is 0 Å². The summed E-state index contributed by atoms with van der Waals surface area (Å²) in [5.41, 5.74) is -0.222. The van der Waals surface area contributed by atoms with Gasteiger partial charge in [0.1, 0.15) is 5.78 Å². The molecule has 0 aromatic heterocycles. The van der Waals surface area contributed by atoms with E-state index in [2.05, 4.69) is 5.32 Å². The number of hydrogen-bond donors (Lipinski definition) is 2. The highest BCUT2D eigenvalue weighted by atomic mass is 16.3. The standard InChI is InChI=1S/C13H21NO3/c1-13(2)10(7-11(13)16)14-12(17)8-3-5-9(15)6-4-8/h8,10-11,16H,3-7H2,1-2H3,(H,14,17)/t10-,11+/m1/s1. The molecule has 2 atom stereocenters. The fourth-order valence-corrected chi connectivity index (χ4v) is 2.64. The van der Waals surface area contributed by atoms with Gasteiger partial charge in [-0.1, -0.05) is 13.8 Å². The van der Waals surface area contributed by atoms with E-state index in [9.17, 15) is 14.7 Å². The molecule has 0 heterocycles. The number of Topliss-reactive ketones (excluding diaryl/α,β-unsaturated/α-hetero) is 1. The van der Waals surface area contributed by atoms with E-state index in [4.69, 9.17) is 0 Å². The number of aliphatic hydroxyl groups is 1. The molecule has 17 heavy (non-hydrogen) atoms. The lowest BCUT2D eigenvalue weighted by Gasteiger charge is -2.49. The molecule has 2 aliphatic rings. The zero-order valence-corrected chi connectivity index (χ0v) is 10.5. The van der Waals surface area contributed by atoms with E-state index in [-0.39, 0.29) is 35.2 Å². The first-order valence-corrected chi connectivity index (χ1v) is 6.41. The van der Waals surface area contributed by atoms with Gasteiger partial charge in [0, 0.05) is 30.2 Å². The Balaban J connectivity index is 1.84. The zero-order chi connectivity index (χ0) is 12.6. The molecule has 2 rings (SSSR count). The third-order valence-electron chi connectivity index (χ3n) is 4.45. The number of rotatable bonds is 2. The highest BCUT2D eigenvalue weighted by molar-refractivity contribution is 5.84. The van der Waals surface area contributed by atoms with Gasteiger partial charge in [0.05, 0.1) is 6.10 Å². The monoisotopic (exact) mass is 239 g/mol. The number of carbonyl (C=O) groups is 2. The van der Waals surface area contributed by atoms with Gasteiger partial charge in [0.25, 0.3) is 0 Å². The predicted octanol–water partition coefficient (Wildman–Crippen LogP) is 1.02. The smallest absolute Gasteiger partial charge is 0.223 e. The summed E-state index contributed by atoms with van der Waals surface area (Å²) in [6.07, 6.45) is 2.76. The second kappa shape index (κ2) is 4.41. The first-order valence-electron chi connectivity index (χ1n) is 6.41. The van der Waals surface area contributed by atoms with E-state index >= 15 is 0 Å². The number of nitrogens with one attached hydrogen (secondary N) is 1. The van der Waals surface area contributed by atoms with Gasteiger partial charge in [-0.25, -0.2) is 0 Å². The maximum Gasteiger partial charge on any atom is 0.223 e. The molecule has 2 fully saturated rings. The van der Waals surface area contributed by atoms with Crippen molar-refractivity contribution in [2.45, 2.75) is 58.1 Å². The average molecular weight is 239 g/mol. The molecule has 2 aliphatic carbocycles. The Labute approximate surface area is 102 Å². The van der Waals surface area contributed by atoms with Gasteiger partial charge in [-0.15, -0.1) is 0 Å². The molecular formula is C13H21NO3. The minimum absolute atomic E-state index is 0.0127. The summed E-state index contributed by atoms with van der Waals surface area (Å²) >= 11 is 0. The summed E-state index contributed by atoms with van der Waals surface area (Å²) in [5, 5.41) is 12.6. The minimum atomic E-state index is -0.319. The lowest BCUT2D eigenvalue weighted by Crippen LogP contribution is -2.61. The molecule has 0 aromatic carbocycles. The van der Waals surface area contributed by atoms with Crippen molar-refractivity contribution < 1.29 is 14.7 Å². The van der Waals surface area contributed by atoms with E-state index in [0.717, 1.165) is 0 Å². The van der Waals surface area contributed by atoms with Crippen LogP contribution in [0.1, 0.15) is 46.0 Å². The first-order chi connectivity index (χ1) is 7.91. The van der Waals surface area contributed by atoms with E-state index in [0.29, 0.717) is 32.1 Å². The fourth-order valence-electron chi connectivity index (χ4n) is 2.64. The predicted molar refractivity (Wildman–Crippen MR) is 63.3 cm³/mol. The van der Waals surface area contributed by atoms with Gasteiger partial charge in [0.15, 0.2) is 0 Å². The van der Waals surface area contributed by atoms with Crippen LogP contribution in [0.3, 0.4) is 0 Å². The molecular weight excluding hydrogens is 218 g/mol. The molecule has 0 saturated heterocycles. The summed E-state index contributed by atoms with van der Waals surface area (Å²) in [6, 6.07) is 0.0719. The van der Waals surface area contributed by atoms with Gasteiger partial charge in [-0.2, -0.15) is 0 Å². The molecule has 0 radical (unpaired) electrons. The third-order valence-corrected chi connectivity index (χ3v) is 4.45. The summed E-state index contributed by atoms with van der Waals surface area (Å²) < 4.78 is 0. The molecule has 2 N–H and O–H groups in total. The fraction of sp³-hybridized carbons (Fsp3) is 0.846. The number of ketones is 1. The van der Waals surface area contributed by atoms with E-state index in [1.807, 2.05) is 13.8 Å². The Morgan fingerprint density at radius 3 is 2.41 bits per heavy atom. The van der Waals surface area contributed by atoms with Crippen LogP contribution in [0.25, 0.3) is 0 Å². The number of aliphatic hydroxyl groups excluding tert-OH is 1. The molecule has 0 spiro atoms. The van der Waals surface area contributed by atoms with Crippen LogP contribution >= 0.6 is 0 Å². The Kier molecular flexibility index (Phi) is 3.25. The van der Waals surface area contributed by atoms with E-state index in [1.165, 1.54) is 0 Å². The van der Waals surface area contributed by atoms with Crippen molar-refractivity contribution in [3.8, 4) is 0 Å². The van der Waals surface area contributed by atoms with Crippen LogP contribution in [0.15, 0.2) is 0 Å². The van der Waals surface area contributed by atoms with Crippen LogP contribution in [0.5, 0.6) is 0 Å². The van der Waals surface area contributed by atoms with Crippen LogP contribution in [-0.2, 0) is 9.59 Å². The van der Waals surface area contributed by atoms with Crippen molar-refractivity contribution in [3.63, 3.8) is 0 Å². The molecule has 0 bridgehead atoms. The number of carbonyl (C=O) groups excluding carboxylic acids is 2. The SMILES string of the molecule is CC1(C)[C@@H](O)C[C@H]1NC(=O)C1CCC(=O)CC1. The van der Waals surface area contributed by atoms with E-state index in [1.54, 1.807) is 0 Å². The van der Waals surface area contributed by atoms with Crippen molar-refractivity contribution in [1.82, 2.24) is 5.32 Å². The Morgan fingerprint density at radius 2 is 1.94 bits per heavy atom.